The van der Waals surface area contributed by atoms with Crippen LogP contribution in [0.3, 0.4) is 0 Å². The number of nitrogens with one attached hydrogen (secondary N) is 1. The van der Waals surface area contributed by atoms with Crippen LogP contribution in [-0.4, -0.2) is 20.4 Å². The molecule has 1 unspecified atom stereocenters. The molecule has 0 saturated carbocycles. The second-order valence-electron chi connectivity index (χ2n) is 5.66. The molecule has 2 heterocycles. The van der Waals surface area contributed by atoms with Crippen LogP contribution in [0.25, 0.3) is 11.1 Å². The van der Waals surface area contributed by atoms with E-state index in [9.17, 15) is 4.79 Å². The fraction of sp³-hybridized carbons (Fsp3) is 0.211. The number of anilines is 1. The molecule has 2 aromatic heterocycles. The molecule has 122 valence electrons. The highest BCUT2D eigenvalue weighted by atomic mass is 16.1. The number of nitrogens with zero attached hydrogens (tertiary/aromatic N) is 3. The molecule has 1 aromatic carbocycles. The van der Waals surface area contributed by atoms with Gasteiger partial charge in [0.15, 0.2) is 0 Å². The number of carbonyl (C=O) groups is 1. The minimum absolute atomic E-state index is 0.0705. The van der Waals surface area contributed by atoms with Crippen molar-refractivity contribution in [1.29, 1.82) is 0 Å². The lowest BCUT2D eigenvalue weighted by Crippen LogP contribution is -2.09. The summed E-state index contributed by atoms with van der Waals surface area (Å²) in [6, 6.07) is 12.1. The lowest BCUT2D eigenvalue weighted by atomic mass is 10.0. The summed E-state index contributed by atoms with van der Waals surface area (Å²) in [6.07, 6.45) is 8.42. The van der Waals surface area contributed by atoms with Gasteiger partial charge in [-0.1, -0.05) is 25.1 Å². The van der Waals surface area contributed by atoms with Gasteiger partial charge in [-0.05, 0) is 30.2 Å². The number of benzene rings is 1. The van der Waals surface area contributed by atoms with E-state index in [1.54, 1.807) is 6.20 Å². The average molecular weight is 320 g/mol. The molecule has 1 N–H and O–H groups in total. The molecule has 0 saturated heterocycles. The van der Waals surface area contributed by atoms with Crippen molar-refractivity contribution in [3.05, 3.63) is 67.0 Å². The number of hydrogen-bond acceptors (Lipinski definition) is 3. The van der Waals surface area contributed by atoms with E-state index in [0.29, 0.717) is 0 Å². The summed E-state index contributed by atoms with van der Waals surface area (Å²) in [7, 11) is 0. The lowest BCUT2D eigenvalue weighted by molar-refractivity contribution is -0.114. The van der Waals surface area contributed by atoms with Crippen molar-refractivity contribution in [3.8, 4) is 11.1 Å². The van der Waals surface area contributed by atoms with Gasteiger partial charge in [-0.2, -0.15) is 0 Å². The fourth-order valence-corrected chi connectivity index (χ4v) is 2.75. The normalized spacial score (nSPS) is 11.9. The van der Waals surface area contributed by atoms with Crippen LogP contribution < -0.4 is 5.32 Å². The van der Waals surface area contributed by atoms with E-state index in [4.69, 9.17) is 0 Å². The van der Waals surface area contributed by atoms with Gasteiger partial charge >= 0.3 is 0 Å². The van der Waals surface area contributed by atoms with Gasteiger partial charge in [0.05, 0.1) is 18.1 Å². The molecule has 5 nitrogen and oxygen atoms in total. The third kappa shape index (κ3) is 3.51. The van der Waals surface area contributed by atoms with Gasteiger partial charge in [-0.3, -0.25) is 9.78 Å². The third-order valence-electron chi connectivity index (χ3n) is 3.94. The van der Waals surface area contributed by atoms with Crippen LogP contribution in [0.5, 0.6) is 0 Å². The molecule has 5 heteroatoms. The molecule has 3 aromatic rings. The number of rotatable bonds is 5. The standard InChI is InChI=1S/C19H20N4O/c1-3-19(23-11-10-20-13-23)18-9-6-16(12-21-18)15-4-7-17(8-5-15)22-14(2)24/h4-13,19H,3H2,1-2H3,(H,22,24). The molecule has 0 spiro atoms. The highest BCUT2D eigenvalue weighted by Gasteiger charge is 2.12. The molecule has 0 bridgehead atoms. The summed E-state index contributed by atoms with van der Waals surface area (Å²) in [4.78, 5) is 19.8. The first kappa shape index (κ1) is 15.9. The van der Waals surface area contributed by atoms with Crippen LogP contribution in [0.4, 0.5) is 5.69 Å². The van der Waals surface area contributed by atoms with Gasteiger partial charge in [-0.25, -0.2) is 4.98 Å². The van der Waals surface area contributed by atoms with Crippen LogP contribution in [0.2, 0.25) is 0 Å². The molecule has 1 atom stereocenters. The Morgan fingerprint density at radius 3 is 2.46 bits per heavy atom. The Morgan fingerprint density at radius 1 is 1.17 bits per heavy atom. The van der Waals surface area contributed by atoms with Gasteiger partial charge in [0.2, 0.25) is 5.91 Å². The van der Waals surface area contributed by atoms with Crippen LogP contribution in [-0.2, 0) is 4.79 Å². The zero-order chi connectivity index (χ0) is 16.9. The van der Waals surface area contributed by atoms with Crippen molar-refractivity contribution in [3.63, 3.8) is 0 Å². The molecule has 0 aliphatic rings. The highest BCUT2D eigenvalue weighted by Crippen LogP contribution is 2.24. The molecule has 3 rings (SSSR count). The van der Waals surface area contributed by atoms with Crippen molar-refractivity contribution in [2.24, 2.45) is 0 Å². The van der Waals surface area contributed by atoms with Gasteiger partial charge in [0.25, 0.3) is 0 Å². The Balaban J connectivity index is 1.80. The maximum atomic E-state index is 11.1. The minimum Gasteiger partial charge on any atom is -0.328 e. The second-order valence-corrected chi connectivity index (χ2v) is 5.66. The monoisotopic (exact) mass is 320 g/mol. The molecular formula is C19H20N4O. The molecule has 24 heavy (non-hydrogen) atoms. The Bertz CT molecular complexity index is 792. The smallest absolute Gasteiger partial charge is 0.221 e. The first-order valence-electron chi connectivity index (χ1n) is 7.99. The maximum absolute atomic E-state index is 11.1. The van der Waals surface area contributed by atoms with Gasteiger partial charge in [0.1, 0.15) is 0 Å². The predicted molar refractivity (Wildman–Crippen MR) is 94.6 cm³/mol. The lowest BCUT2D eigenvalue weighted by Gasteiger charge is -2.16. The molecular weight excluding hydrogens is 300 g/mol. The van der Waals surface area contributed by atoms with Gasteiger partial charge in [0, 0.05) is 36.8 Å². The zero-order valence-electron chi connectivity index (χ0n) is 13.8. The number of aromatic nitrogens is 3. The second kappa shape index (κ2) is 7.08. The number of carbonyl (C=O) groups excluding carboxylic acids is 1. The first-order chi connectivity index (χ1) is 11.7. The molecule has 0 aliphatic carbocycles. The fourth-order valence-electron chi connectivity index (χ4n) is 2.75. The van der Waals surface area contributed by atoms with Crippen molar-refractivity contribution < 1.29 is 4.79 Å². The average Bonchev–Trinajstić information content (AvgIpc) is 3.11. The van der Waals surface area contributed by atoms with E-state index in [1.807, 2.05) is 43.0 Å². The van der Waals surface area contributed by atoms with E-state index in [1.165, 1.54) is 6.92 Å². The van der Waals surface area contributed by atoms with Crippen molar-refractivity contribution in [2.75, 3.05) is 5.32 Å². The summed E-state index contributed by atoms with van der Waals surface area (Å²) in [5.74, 6) is -0.0705. The van der Waals surface area contributed by atoms with Crippen molar-refractivity contribution in [1.82, 2.24) is 14.5 Å². The highest BCUT2D eigenvalue weighted by molar-refractivity contribution is 5.88. The third-order valence-corrected chi connectivity index (χ3v) is 3.94. The van der Waals surface area contributed by atoms with E-state index in [2.05, 4.69) is 38.9 Å². The van der Waals surface area contributed by atoms with Crippen LogP contribution in [0.1, 0.15) is 32.0 Å². The van der Waals surface area contributed by atoms with Crippen molar-refractivity contribution >= 4 is 11.6 Å². The quantitative estimate of drug-likeness (QED) is 0.775. The molecule has 1 amide bonds. The van der Waals surface area contributed by atoms with E-state index in [-0.39, 0.29) is 11.9 Å². The summed E-state index contributed by atoms with van der Waals surface area (Å²) in [6.45, 7) is 3.64. The molecule has 0 aliphatic heterocycles. The first-order valence-corrected chi connectivity index (χ1v) is 7.99. The molecule has 0 radical (unpaired) electrons. The molecule has 0 fully saturated rings. The van der Waals surface area contributed by atoms with Gasteiger partial charge in [-0.15, -0.1) is 0 Å². The summed E-state index contributed by atoms with van der Waals surface area (Å²) < 4.78 is 2.07. The predicted octanol–water partition coefficient (Wildman–Crippen LogP) is 3.90. The summed E-state index contributed by atoms with van der Waals surface area (Å²) in [5, 5.41) is 2.77. The van der Waals surface area contributed by atoms with E-state index in [0.717, 1.165) is 28.9 Å². The number of hydrogen-bond donors (Lipinski definition) is 1. The SMILES string of the molecule is CCC(c1ccc(-c2ccc(NC(C)=O)cc2)cn1)n1ccnc1. The number of imidazole rings is 1. The Labute approximate surface area is 141 Å². The van der Waals surface area contributed by atoms with Crippen LogP contribution >= 0.6 is 0 Å². The van der Waals surface area contributed by atoms with Gasteiger partial charge < -0.3 is 9.88 Å². The van der Waals surface area contributed by atoms with E-state index >= 15 is 0 Å². The summed E-state index contributed by atoms with van der Waals surface area (Å²) >= 11 is 0. The Hall–Kier alpha value is -2.95. The Kier molecular flexibility index (Phi) is 4.70. The zero-order valence-corrected chi connectivity index (χ0v) is 13.8. The number of amides is 1. The largest absolute Gasteiger partial charge is 0.328 e. The Morgan fingerprint density at radius 2 is 1.92 bits per heavy atom. The maximum Gasteiger partial charge on any atom is 0.221 e. The topological polar surface area (TPSA) is 59.8 Å². The van der Waals surface area contributed by atoms with E-state index < -0.39 is 0 Å². The minimum atomic E-state index is -0.0705. The van der Waals surface area contributed by atoms with Crippen LogP contribution in [0.15, 0.2) is 61.3 Å². The summed E-state index contributed by atoms with van der Waals surface area (Å²) in [5.41, 5.74) is 3.93. The van der Waals surface area contributed by atoms with Crippen LogP contribution in [0, 0.1) is 0 Å². The number of pyridine rings is 1. The van der Waals surface area contributed by atoms with Crippen molar-refractivity contribution in [2.45, 2.75) is 26.3 Å².